The van der Waals surface area contributed by atoms with Gasteiger partial charge in [-0.1, -0.05) is 58.4 Å². The number of methoxy groups -OCH3 is 1. The normalized spacial score (nSPS) is 11.1. The summed E-state index contributed by atoms with van der Waals surface area (Å²) in [5.41, 5.74) is 5.15. The molecule has 0 saturated carbocycles. The number of rotatable bonds is 5. The number of hydrazone groups is 1. The van der Waals surface area contributed by atoms with Crippen molar-refractivity contribution in [1.29, 1.82) is 0 Å². The first-order chi connectivity index (χ1) is 14.2. The molecule has 1 aromatic heterocycles. The molecule has 29 heavy (non-hydrogen) atoms. The summed E-state index contributed by atoms with van der Waals surface area (Å²) in [7, 11) is 1.62. The topological polar surface area (TPSA) is 79.4 Å². The van der Waals surface area contributed by atoms with Crippen LogP contribution in [0.2, 0.25) is 0 Å². The van der Waals surface area contributed by atoms with E-state index in [-0.39, 0.29) is 5.91 Å². The van der Waals surface area contributed by atoms with E-state index >= 15 is 0 Å². The summed E-state index contributed by atoms with van der Waals surface area (Å²) >= 11 is 3.38. The monoisotopic (exact) mass is 448 g/mol. The first-order valence-electron chi connectivity index (χ1n) is 8.86. The van der Waals surface area contributed by atoms with Gasteiger partial charge in [-0.25, -0.2) is 5.43 Å². The van der Waals surface area contributed by atoms with Crippen molar-refractivity contribution >= 4 is 38.8 Å². The zero-order valence-corrected chi connectivity index (χ0v) is 17.1. The summed E-state index contributed by atoms with van der Waals surface area (Å²) in [4.78, 5) is 12.4. The summed E-state index contributed by atoms with van der Waals surface area (Å²) in [5.74, 6) is 0.312. The highest BCUT2D eigenvalue weighted by atomic mass is 79.9. The molecule has 144 valence electrons. The summed E-state index contributed by atoms with van der Waals surface area (Å²) in [5, 5.41) is 13.2. The molecule has 0 aliphatic heterocycles. The number of aromatic amines is 1. The van der Waals surface area contributed by atoms with Crippen LogP contribution < -0.4 is 10.2 Å². The van der Waals surface area contributed by atoms with Gasteiger partial charge in [0.05, 0.1) is 24.6 Å². The minimum atomic E-state index is -0.378. The number of aromatic nitrogens is 2. The number of nitrogens with zero attached hydrogens (tertiary/aromatic N) is 2. The third-order valence-corrected chi connectivity index (χ3v) is 4.97. The molecule has 1 amide bonds. The van der Waals surface area contributed by atoms with E-state index < -0.39 is 0 Å². The molecule has 2 N–H and O–H groups in total. The summed E-state index contributed by atoms with van der Waals surface area (Å²) in [6.07, 6.45) is 1.58. The molecule has 3 aromatic carbocycles. The summed E-state index contributed by atoms with van der Waals surface area (Å²) in [6.45, 7) is 0. The summed E-state index contributed by atoms with van der Waals surface area (Å²) in [6, 6.07) is 21.1. The van der Waals surface area contributed by atoms with Crippen LogP contribution in [0.5, 0.6) is 5.75 Å². The van der Waals surface area contributed by atoms with E-state index in [4.69, 9.17) is 4.74 Å². The molecule has 4 aromatic rings. The molecule has 0 aliphatic carbocycles. The number of nitrogens with one attached hydrogen (secondary N) is 2. The number of fused-ring (bicyclic) bond motifs is 1. The highest BCUT2D eigenvalue weighted by Gasteiger charge is 2.16. The van der Waals surface area contributed by atoms with Crippen molar-refractivity contribution in [3.8, 4) is 17.0 Å². The lowest BCUT2D eigenvalue weighted by Crippen LogP contribution is -2.17. The van der Waals surface area contributed by atoms with Gasteiger partial charge in [-0.3, -0.25) is 9.89 Å². The van der Waals surface area contributed by atoms with Crippen molar-refractivity contribution in [3.63, 3.8) is 0 Å². The molecule has 0 radical (unpaired) electrons. The van der Waals surface area contributed by atoms with Crippen LogP contribution in [0, 0.1) is 0 Å². The van der Waals surface area contributed by atoms with E-state index in [0.717, 1.165) is 26.4 Å². The van der Waals surface area contributed by atoms with E-state index in [9.17, 15) is 4.79 Å². The number of amides is 1. The molecule has 0 aliphatic rings. The average molecular weight is 449 g/mol. The Labute approximate surface area is 175 Å². The lowest BCUT2D eigenvalue weighted by molar-refractivity contribution is 0.0950. The fourth-order valence-electron chi connectivity index (χ4n) is 3.03. The lowest BCUT2D eigenvalue weighted by Gasteiger charge is -2.09. The maximum atomic E-state index is 12.4. The Kier molecular flexibility index (Phi) is 5.39. The average Bonchev–Trinajstić information content (AvgIpc) is 3.24. The fraction of sp³-hybridized carbons (Fsp3) is 0.0455. The van der Waals surface area contributed by atoms with E-state index in [1.165, 1.54) is 0 Å². The van der Waals surface area contributed by atoms with E-state index in [1.807, 2.05) is 60.7 Å². The van der Waals surface area contributed by atoms with Gasteiger partial charge >= 0.3 is 0 Å². The number of carbonyl (C=O) groups excluding carboxylic acids is 1. The molecule has 0 bridgehead atoms. The zero-order chi connectivity index (χ0) is 20.2. The zero-order valence-electron chi connectivity index (χ0n) is 15.5. The molecular formula is C22H17BrN4O2. The molecule has 4 rings (SSSR count). The van der Waals surface area contributed by atoms with Crippen LogP contribution in [0.15, 0.2) is 76.3 Å². The highest BCUT2D eigenvalue weighted by molar-refractivity contribution is 9.10. The number of hydrogen-bond acceptors (Lipinski definition) is 4. The SMILES string of the molecule is COc1ccc2ccccc2c1-c1cc(C(=O)N/N=C\c2ccc(Br)cc2)[nH]n1. The lowest BCUT2D eigenvalue weighted by atomic mass is 10.0. The van der Waals surface area contributed by atoms with Crippen molar-refractivity contribution in [2.24, 2.45) is 5.10 Å². The van der Waals surface area contributed by atoms with Gasteiger partial charge in [-0.05, 0) is 40.6 Å². The van der Waals surface area contributed by atoms with Gasteiger partial charge in [-0.15, -0.1) is 0 Å². The molecule has 1 heterocycles. The predicted molar refractivity (Wildman–Crippen MR) is 117 cm³/mol. The fourth-order valence-corrected chi connectivity index (χ4v) is 3.29. The molecule has 7 heteroatoms. The number of carbonyl (C=O) groups is 1. The quantitative estimate of drug-likeness (QED) is 0.341. The van der Waals surface area contributed by atoms with Crippen molar-refractivity contribution in [3.05, 3.63) is 82.5 Å². The Bertz CT molecular complexity index is 1200. The molecular weight excluding hydrogens is 432 g/mol. The minimum absolute atomic E-state index is 0.308. The Morgan fingerprint density at radius 2 is 1.93 bits per heavy atom. The molecule has 6 nitrogen and oxygen atoms in total. The van der Waals surface area contributed by atoms with E-state index in [2.05, 4.69) is 36.7 Å². The van der Waals surface area contributed by atoms with Crippen molar-refractivity contribution in [1.82, 2.24) is 15.6 Å². The largest absolute Gasteiger partial charge is 0.496 e. The van der Waals surface area contributed by atoms with Crippen LogP contribution in [-0.2, 0) is 0 Å². The number of H-pyrrole nitrogens is 1. The smallest absolute Gasteiger partial charge is 0.289 e. The third-order valence-electron chi connectivity index (χ3n) is 4.44. The number of halogens is 1. The second kappa shape index (κ2) is 8.28. The van der Waals surface area contributed by atoms with Crippen LogP contribution in [-0.4, -0.2) is 29.4 Å². The van der Waals surface area contributed by atoms with Crippen molar-refractivity contribution in [2.75, 3.05) is 7.11 Å². The van der Waals surface area contributed by atoms with Crippen LogP contribution in [0.3, 0.4) is 0 Å². The highest BCUT2D eigenvalue weighted by Crippen LogP contribution is 2.36. The second-order valence-electron chi connectivity index (χ2n) is 6.28. The Hall–Kier alpha value is -3.45. The van der Waals surface area contributed by atoms with Crippen LogP contribution in [0.4, 0.5) is 0 Å². The maximum absolute atomic E-state index is 12.4. The first-order valence-corrected chi connectivity index (χ1v) is 9.65. The maximum Gasteiger partial charge on any atom is 0.289 e. The van der Waals surface area contributed by atoms with Gasteiger partial charge in [0.25, 0.3) is 5.91 Å². The molecule has 0 spiro atoms. The molecule has 0 atom stereocenters. The van der Waals surface area contributed by atoms with E-state index in [0.29, 0.717) is 17.1 Å². The number of benzene rings is 3. The minimum Gasteiger partial charge on any atom is -0.496 e. The standard InChI is InChI=1S/C22H17BrN4O2/c1-29-20-11-8-15-4-2-3-5-17(15)21(20)18-12-19(26-25-18)22(28)27-24-13-14-6-9-16(23)10-7-14/h2-13H,1H3,(H,25,26)(H,27,28)/b24-13-. The Morgan fingerprint density at radius 1 is 1.14 bits per heavy atom. The second-order valence-corrected chi connectivity index (χ2v) is 7.20. The van der Waals surface area contributed by atoms with Crippen LogP contribution >= 0.6 is 15.9 Å². The van der Waals surface area contributed by atoms with Gasteiger partial charge in [0.1, 0.15) is 11.4 Å². The van der Waals surface area contributed by atoms with Gasteiger partial charge in [0, 0.05) is 4.47 Å². The van der Waals surface area contributed by atoms with E-state index in [1.54, 1.807) is 19.4 Å². The molecule has 0 fully saturated rings. The molecule has 0 saturated heterocycles. The van der Waals surface area contributed by atoms with Gasteiger partial charge in [0.2, 0.25) is 0 Å². The van der Waals surface area contributed by atoms with Gasteiger partial charge in [0.15, 0.2) is 0 Å². The Balaban J connectivity index is 1.58. The Morgan fingerprint density at radius 3 is 2.72 bits per heavy atom. The van der Waals surface area contributed by atoms with Gasteiger partial charge in [-0.2, -0.15) is 10.2 Å². The predicted octanol–water partition coefficient (Wildman–Crippen LogP) is 4.76. The first kappa shape index (κ1) is 18.9. The van der Waals surface area contributed by atoms with Crippen molar-refractivity contribution in [2.45, 2.75) is 0 Å². The third kappa shape index (κ3) is 4.05. The van der Waals surface area contributed by atoms with Crippen LogP contribution in [0.25, 0.3) is 22.0 Å². The molecule has 0 unspecified atom stereocenters. The van der Waals surface area contributed by atoms with Crippen LogP contribution in [0.1, 0.15) is 16.1 Å². The van der Waals surface area contributed by atoms with Gasteiger partial charge < -0.3 is 4.74 Å². The number of hydrogen-bond donors (Lipinski definition) is 2. The van der Waals surface area contributed by atoms with Crippen molar-refractivity contribution < 1.29 is 9.53 Å². The number of ether oxygens (including phenoxy) is 1. The summed E-state index contributed by atoms with van der Waals surface area (Å²) < 4.78 is 6.50.